The maximum Gasteiger partial charge on any atom is 0.173 e. The van der Waals surface area contributed by atoms with E-state index in [1.165, 1.54) is 12.8 Å². The largest absolute Gasteiger partial charge is 0.349 e. The van der Waals surface area contributed by atoms with Gasteiger partial charge in [0.1, 0.15) is 5.52 Å². The van der Waals surface area contributed by atoms with Crippen LogP contribution < -0.4 is 5.32 Å². The Morgan fingerprint density at radius 3 is 2.63 bits per heavy atom. The number of rotatable bonds is 1. The first-order chi connectivity index (χ1) is 13.2. The number of thiocarbonyl (C=S) groups is 1. The second kappa shape index (κ2) is 6.46. The smallest absolute Gasteiger partial charge is 0.173 e. The highest BCUT2D eigenvalue weighted by Crippen LogP contribution is 2.27. The molecule has 27 heavy (non-hydrogen) atoms. The van der Waals surface area contributed by atoms with Crippen LogP contribution in [-0.4, -0.2) is 38.1 Å². The minimum atomic E-state index is 0.792. The first-order valence-electron chi connectivity index (χ1n) is 9.41. The molecular formula is C21H21N5S. The molecule has 2 N–H and O–H groups in total. The lowest BCUT2D eigenvalue weighted by atomic mass is 10.00. The molecule has 0 radical (unpaired) electrons. The molecule has 1 fully saturated rings. The minimum Gasteiger partial charge on any atom is -0.349 e. The lowest BCUT2D eigenvalue weighted by Gasteiger charge is -2.32. The van der Waals surface area contributed by atoms with E-state index >= 15 is 0 Å². The average Bonchev–Trinajstić information content (AvgIpc) is 3.03. The second-order valence-electron chi connectivity index (χ2n) is 7.39. The van der Waals surface area contributed by atoms with Crippen molar-refractivity contribution in [3.05, 3.63) is 42.5 Å². The summed E-state index contributed by atoms with van der Waals surface area (Å²) in [5, 5.41) is 5.27. The molecule has 3 heterocycles. The van der Waals surface area contributed by atoms with E-state index in [-0.39, 0.29) is 0 Å². The van der Waals surface area contributed by atoms with Crippen LogP contribution in [0.15, 0.2) is 42.5 Å². The van der Waals surface area contributed by atoms with E-state index < -0.39 is 0 Å². The number of likely N-dealkylation sites (tertiary alicyclic amines) is 1. The van der Waals surface area contributed by atoms with Crippen molar-refractivity contribution in [1.29, 1.82) is 0 Å². The maximum atomic E-state index is 5.63. The third-order valence-electron chi connectivity index (χ3n) is 5.42. The molecule has 0 bridgehead atoms. The molecule has 136 valence electrons. The molecule has 1 saturated heterocycles. The Bertz CT molecular complexity index is 1160. The van der Waals surface area contributed by atoms with Crippen molar-refractivity contribution >= 4 is 56.1 Å². The van der Waals surface area contributed by atoms with Crippen LogP contribution in [0.25, 0.3) is 33.1 Å². The van der Waals surface area contributed by atoms with Gasteiger partial charge in [0.2, 0.25) is 0 Å². The summed E-state index contributed by atoms with van der Waals surface area (Å²) in [5.74, 6) is 0.792. The summed E-state index contributed by atoms with van der Waals surface area (Å²) in [4.78, 5) is 15.2. The van der Waals surface area contributed by atoms with E-state index in [0.29, 0.717) is 0 Å². The number of aromatic amines is 1. The maximum absolute atomic E-state index is 5.63. The van der Waals surface area contributed by atoms with Gasteiger partial charge in [-0.3, -0.25) is 0 Å². The van der Waals surface area contributed by atoms with Crippen LogP contribution in [0.5, 0.6) is 0 Å². The van der Waals surface area contributed by atoms with Gasteiger partial charge in [0, 0.05) is 29.7 Å². The van der Waals surface area contributed by atoms with Gasteiger partial charge in [-0.25, -0.2) is 9.97 Å². The Morgan fingerprint density at radius 2 is 1.85 bits per heavy atom. The number of hydrogen-bond acceptors (Lipinski definition) is 3. The highest BCUT2D eigenvalue weighted by Gasteiger charge is 2.18. The lowest BCUT2D eigenvalue weighted by molar-refractivity contribution is 0.283. The van der Waals surface area contributed by atoms with Crippen molar-refractivity contribution < 1.29 is 0 Å². The van der Waals surface area contributed by atoms with Gasteiger partial charge in [0.25, 0.3) is 0 Å². The summed E-state index contributed by atoms with van der Waals surface area (Å²) in [5.41, 5.74) is 5.53. The number of hydrogen-bond donors (Lipinski definition) is 2. The zero-order valence-electron chi connectivity index (χ0n) is 15.2. The quantitative estimate of drug-likeness (QED) is 0.473. The molecule has 2 aromatic heterocycles. The third kappa shape index (κ3) is 3.00. The summed E-state index contributed by atoms with van der Waals surface area (Å²) < 4.78 is 0. The fourth-order valence-electron chi connectivity index (χ4n) is 3.74. The molecule has 0 saturated carbocycles. The van der Waals surface area contributed by atoms with E-state index in [2.05, 4.69) is 40.3 Å². The second-order valence-corrected chi connectivity index (χ2v) is 7.78. The molecule has 5 nitrogen and oxygen atoms in total. The summed E-state index contributed by atoms with van der Waals surface area (Å²) in [7, 11) is 0. The predicted octanol–water partition coefficient (Wildman–Crippen LogP) is 4.69. The van der Waals surface area contributed by atoms with E-state index in [4.69, 9.17) is 22.2 Å². The van der Waals surface area contributed by atoms with Crippen LogP contribution in [0.2, 0.25) is 0 Å². The molecule has 0 unspecified atom stereocenters. The Kier molecular flexibility index (Phi) is 3.93. The van der Waals surface area contributed by atoms with E-state index in [1.54, 1.807) is 0 Å². The lowest BCUT2D eigenvalue weighted by Crippen LogP contribution is -2.40. The predicted molar refractivity (Wildman–Crippen MR) is 115 cm³/mol. The molecule has 1 aliphatic heterocycles. The molecule has 0 amide bonds. The number of benzene rings is 2. The average molecular weight is 376 g/mol. The van der Waals surface area contributed by atoms with E-state index in [0.717, 1.165) is 62.9 Å². The van der Waals surface area contributed by atoms with Crippen LogP contribution in [0, 0.1) is 5.92 Å². The molecule has 5 rings (SSSR count). The fraction of sp³-hybridized carbons (Fsp3) is 0.286. The third-order valence-corrected chi connectivity index (χ3v) is 5.78. The van der Waals surface area contributed by atoms with Gasteiger partial charge < -0.3 is 15.2 Å². The first kappa shape index (κ1) is 16.4. The normalized spacial score (nSPS) is 15.7. The molecule has 4 aromatic rings. The van der Waals surface area contributed by atoms with Crippen molar-refractivity contribution in [3.8, 4) is 0 Å². The summed E-state index contributed by atoms with van der Waals surface area (Å²) in [6.45, 7) is 4.36. The van der Waals surface area contributed by atoms with Crippen LogP contribution >= 0.6 is 12.2 Å². The Hall–Kier alpha value is -2.73. The number of fused-ring (bicyclic) bond motifs is 4. The summed E-state index contributed by atoms with van der Waals surface area (Å²) in [6.07, 6.45) is 2.40. The molecule has 0 aliphatic carbocycles. The molecular weight excluding hydrogens is 354 g/mol. The number of piperidine rings is 1. The van der Waals surface area contributed by atoms with Crippen molar-refractivity contribution in [1.82, 2.24) is 19.9 Å². The van der Waals surface area contributed by atoms with Crippen LogP contribution in [0.4, 0.5) is 5.69 Å². The summed E-state index contributed by atoms with van der Waals surface area (Å²) in [6, 6.07) is 14.2. The monoisotopic (exact) mass is 375 g/mol. The molecule has 1 aliphatic rings. The van der Waals surface area contributed by atoms with Gasteiger partial charge in [-0.2, -0.15) is 0 Å². The number of nitrogens with one attached hydrogen (secondary N) is 2. The highest BCUT2D eigenvalue weighted by molar-refractivity contribution is 7.80. The Morgan fingerprint density at radius 1 is 1.11 bits per heavy atom. The van der Waals surface area contributed by atoms with E-state index in [9.17, 15) is 0 Å². The van der Waals surface area contributed by atoms with E-state index in [1.807, 2.05) is 24.3 Å². The van der Waals surface area contributed by atoms with Crippen molar-refractivity contribution in [2.24, 2.45) is 5.92 Å². The van der Waals surface area contributed by atoms with Crippen LogP contribution in [0.1, 0.15) is 19.8 Å². The molecule has 6 heteroatoms. The number of anilines is 1. The minimum absolute atomic E-state index is 0.792. The zero-order chi connectivity index (χ0) is 18.4. The van der Waals surface area contributed by atoms with Crippen molar-refractivity contribution in [2.45, 2.75) is 19.8 Å². The topological polar surface area (TPSA) is 56.8 Å². The van der Waals surface area contributed by atoms with Crippen LogP contribution in [0.3, 0.4) is 0 Å². The SMILES string of the molecule is CC1CCN(C(=S)Nc2ccc3[nH]c4nc5ccccc5nc4c3c2)CC1. The number of aromatic nitrogens is 3. The fourth-order valence-corrected chi connectivity index (χ4v) is 4.04. The zero-order valence-corrected chi connectivity index (χ0v) is 16.0. The van der Waals surface area contributed by atoms with Gasteiger partial charge in [-0.15, -0.1) is 0 Å². The Labute approximate surface area is 162 Å². The van der Waals surface area contributed by atoms with Crippen LogP contribution in [-0.2, 0) is 0 Å². The molecule has 0 atom stereocenters. The van der Waals surface area contributed by atoms with Crippen molar-refractivity contribution in [3.63, 3.8) is 0 Å². The number of para-hydroxylation sites is 2. The number of nitrogens with zero attached hydrogens (tertiary/aromatic N) is 3. The standard InChI is InChI=1S/C21H21N5S/c1-13-8-10-26(11-9-13)21(27)22-14-6-7-16-15(12-14)19-20(24-16)25-18-5-3-2-4-17(18)23-19/h2-7,12-13H,8-11H2,1H3,(H,22,27)(H,24,25). The van der Waals surface area contributed by atoms with Gasteiger partial charge in [0.15, 0.2) is 10.8 Å². The Balaban J connectivity index is 1.49. The van der Waals surface area contributed by atoms with Gasteiger partial charge >= 0.3 is 0 Å². The highest BCUT2D eigenvalue weighted by atomic mass is 32.1. The van der Waals surface area contributed by atoms with Gasteiger partial charge in [-0.05, 0) is 61.3 Å². The molecule has 0 spiro atoms. The van der Waals surface area contributed by atoms with Gasteiger partial charge in [0.05, 0.1) is 11.0 Å². The molecule has 2 aromatic carbocycles. The van der Waals surface area contributed by atoms with Crippen molar-refractivity contribution in [2.75, 3.05) is 18.4 Å². The first-order valence-corrected chi connectivity index (χ1v) is 9.82. The van der Waals surface area contributed by atoms with Gasteiger partial charge in [-0.1, -0.05) is 19.1 Å². The number of H-pyrrole nitrogens is 1. The summed E-state index contributed by atoms with van der Waals surface area (Å²) >= 11 is 5.63.